The molecule has 0 aliphatic carbocycles. The molecule has 0 radical (unpaired) electrons. The van der Waals surface area contributed by atoms with Gasteiger partial charge in [-0.3, -0.25) is 0 Å². The first kappa shape index (κ1) is 14.1. The largest absolute Gasteiger partial charge is 0.489 e. The summed E-state index contributed by atoms with van der Waals surface area (Å²) < 4.78 is 19.4. The molecule has 1 fully saturated rings. The Kier molecular flexibility index (Phi) is 5.02. The van der Waals surface area contributed by atoms with Crippen molar-refractivity contribution in [2.45, 2.75) is 32.8 Å². The first-order chi connectivity index (χ1) is 9.20. The summed E-state index contributed by atoms with van der Waals surface area (Å²) in [4.78, 5) is 2.21. The van der Waals surface area contributed by atoms with E-state index in [4.69, 9.17) is 4.74 Å². The van der Waals surface area contributed by atoms with Gasteiger partial charge in [-0.2, -0.15) is 0 Å². The van der Waals surface area contributed by atoms with Crippen LogP contribution < -0.4 is 15.0 Å². The molecule has 1 aliphatic rings. The van der Waals surface area contributed by atoms with Crippen molar-refractivity contribution in [3.8, 4) is 5.75 Å². The van der Waals surface area contributed by atoms with Crippen molar-refractivity contribution in [1.29, 1.82) is 0 Å². The summed E-state index contributed by atoms with van der Waals surface area (Å²) in [5, 5.41) is 3.36. The quantitative estimate of drug-likeness (QED) is 0.907. The summed E-state index contributed by atoms with van der Waals surface area (Å²) in [7, 11) is 0. The van der Waals surface area contributed by atoms with Crippen molar-refractivity contribution in [3.63, 3.8) is 0 Å². The van der Waals surface area contributed by atoms with Crippen LogP contribution in [0.5, 0.6) is 5.75 Å². The van der Waals surface area contributed by atoms with E-state index in [1.54, 1.807) is 12.1 Å². The van der Waals surface area contributed by atoms with Gasteiger partial charge in [-0.1, -0.05) is 6.92 Å². The predicted octanol–water partition coefficient (Wildman–Crippen LogP) is 2.80. The first-order valence-corrected chi connectivity index (χ1v) is 7.12. The number of benzene rings is 1. The lowest BCUT2D eigenvalue weighted by molar-refractivity contribution is 0.217. The molecule has 0 saturated carbocycles. The molecule has 0 bridgehead atoms. The van der Waals surface area contributed by atoms with Gasteiger partial charge in [0.05, 0.1) is 11.8 Å². The number of halogens is 1. The highest BCUT2D eigenvalue weighted by Crippen LogP contribution is 2.30. The molecule has 1 aromatic carbocycles. The van der Waals surface area contributed by atoms with Gasteiger partial charge < -0.3 is 15.0 Å². The second-order valence-corrected chi connectivity index (χ2v) is 5.04. The van der Waals surface area contributed by atoms with E-state index in [-0.39, 0.29) is 11.9 Å². The minimum absolute atomic E-state index is 0.148. The van der Waals surface area contributed by atoms with E-state index in [9.17, 15) is 4.39 Å². The van der Waals surface area contributed by atoms with E-state index in [0.29, 0.717) is 0 Å². The molecule has 4 heteroatoms. The molecule has 1 aromatic rings. The van der Waals surface area contributed by atoms with Gasteiger partial charge in [-0.05, 0) is 38.4 Å². The Morgan fingerprint density at radius 3 is 3.00 bits per heavy atom. The molecule has 106 valence electrons. The van der Waals surface area contributed by atoms with Gasteiger partial charge in [-0.15, -0.1) is 0 Å². The summed E-state index contributed by atoms with van der Waals surface area (Å²) in [5.41, 5.74) is 0.879. The number of hydrogen-bond acceptors (Lipinski definition) is 3. The average Bonchev–Trinajstić information content (AvgIpc) is 2.69. The molecule has 1 N–H and O–H groups in total. The summed E-state index contributed by atoms with van der Waals surface area (Å²) in [5.74, 6) is 0.585. The molecule has 1 atom stereocenters. The van der Waals surface area contributed by atoms with Crippen LogP contribution in [0.25, 0.3) is 0 Å². The lowest BCUT2D eigenvalue weighted by Crippen LogP contribution is -2.28. The van der Waals surface area contributed by atoms with Gasteiger partial charge in [0.2, 0.25) is 0 Å². The summed E-state index contributed by atoms with van der Waals surface area (Å²) in [6.45, 7) is 7.90. The number of anilines is 1. The smallest absolute Gasteiger partial charge is 0.143 e. The van der Waals surface area contributed by atoms with Crippen molar-refractivity contribution in [2.24, 2.45) is 0 Å². The van der Waals surface area contributed by atoms with Gasteiger partial charge in [0.1, 0.15) is 11.6 Å². The monoisotopic (exact) mass is 266 g/mol. The molecule has 1 unspecified atom stereocenters. The third kappa shape index (κ3) is 3.83. The molecule has 1 aliphatic heterocycles. The molecular weight excluding hydrogens is 243 g/mol. The summed E-state index contributed by atoms with van der Waals surface area (Å²) in [6.07, 6.45) is 2.16. The van der Waals surface area contributed by atoms with Crippen LogP contribution in [0.2, 0.25) is 0 Å². The second-order valence-electron chi connectivity index (χ2n) is 5.04. The van der Waals surface area contributed by atoms with E-state index in [2.05, 4.69) is 17.1 Å². The van der Waals surface area contributed by atoms with E-state index < -0.39 is 0 Å². The van der Waals surface area contributed by atoms with E-state index in [1.165, 1.54) is 6.07 Å². The minimum atomic E-state index is -0.205. The maximum absolute atomic E-state index is 13.5. The highest BCUT2D eigenvalue weighted by molar-refractivity contribution is 5.59. The third-order valence-corrected chi connectivity index (χ3v) is 3.50. The van der Waals surface area contributed by atoms with Crippen molar-refractivity contribution >= 4 is 5.69 Å². The Morgan fingerprint density at radius 1 is 1.37 bits per heavy atom. The highest BCUT2D eigenvalue weighted by Gasteiger charge is 2.16. The zero-order valence-electron chi connectivity index (χ0n) is 11.8. The van der Waals surface area contributed by atoms with Crippen LogP contribution in [0.1, 0.15) is 26.7 Å². The zero-order valence-corrected chi connectivity index (χ0v) is 11.8. The molecule has 0 amide bonds. The van der Waals surface area contributed by atoms with Gasteiger partial charge in [0.15, 0.2) is 0 Å². The lowest BCUT2D eigenvalue weighted by atomic mass is 10.2. The molecular formula is C15H23FN2O. The average molecular weight is 266 g/mol. The third-order valence-electron chi connectivity index (χ3n) is 3.50. The SMILES string of the molecule is CCC(C)Oc1ccc(F)cc1N1CCCNCC1. The molecule has 2 rings (SSSR count). The maximum atomic E-state index is 13.5. The molecule has 19 heavy (non-hydrogen) atoms. The van der Waals surface area contributed by atoms with Crippen LogP contribution in [0.15, 0.2) is 18.2 Å². The fourth-order valence-corrected chi connectivity index (χ4v) is 2.22. The fourth-order valence-electron chi connectivity index (χ4n) is 2.22. The lowest BCUT2D eigenvalue weighted by Gasteiger charge is -2.26. The Hall–Kier alpha value is -1.29. The van der Waals surface area contributed by atoms with E-state index in [0.717, 1.165) is 50.5 Å². The van der Waals surface area contributed by atoms with Gasteiger partial charge in [0, 0.05) is 25.7 Å². The van der Waals surface area contributed by atoms with Crippen LogP contribution in [0.4, 0.5) is 10.1 Å². The fraction of sp³-hybridized carbons (Fsp3) is 0.600. The molecule has 0 aromatic heterocycles. The molecule has 1 saturated heterocycles. The van der Waals surface area contributed by atoms with Crippen molar-refractivity contribution in [1.82, 2.24) is 5.32 Å². The normalized spacial score (nSPS) is 17.9. The number of nitrogens with one attached hydrogen (secondary N) is 1. The van der Waals surface area contributed by atoms with E-state index in [1.807, 2.05) is 6.92 Å². The van der Waals surface area contributed by atoms with Crippen molar-refractivity contribution in [2.75, 3.05) is 31.1 Å². The zero-order chi connectivity index (χ0) is 13.7. The van der Waals surface area contributed by atoms with Gasteiger partial charge in [0.25, 0.3) is 0 Å². The number of hydrogen-bond donors (Lipinski definition) is 1. The summed E-state index contributed by atoms with van der Waals surface area (Å²) >= 11 is 0. The van der Waals surface area contributed by atoms with Gasteiger partial charge in [-0.25, -0.2) is 4.39 Å². The van der Waals surface area contributed by atoms with Crippen molar-refractivity contribution in [3.05, 3.63) is 24.0 Å². The van der Waals surface area contributed by atoms with E-state index >= 15 is 0 Å². The Labute approximate surface area is 114 Å². The molecule has 0 spiro atoms. The number of rotatable bonds is 4. The predicted molar refractivity (Wildman–Crippen MR) is 76.5 cm³/mol. The molecule has 3 nitrogen and oxygen atoms in total. The first-order valence-electron chi connectivity index (χ1n) is 7.12. The van der Waals surface area contributed by atoms with Crippen LogP contribution >= 0.6 is 0 Å². The maximum Gasteiger partial charge on any atom is 0.143 e. The van der Waals surface area contributed by atoms with Crippen LogP contribution in [0.3, 0.4) is 0 Å². The minimum Gasteiger partial charge on any atom is -0.489 e. The number of ether oxygens (including phenoxy) is 1. The summed E-state index contributed by atoms with van der Waals surface area (Å²) in [6, 6.07) is 4.80. The topological polar surface area (TPSA) is 24.5 Å². The Bertz CT molecular complexity index is 403. The highest BCUT2D eigenvalue weighted by atomic mass is 19.1. The van der Waals surface area contributed by atoms with Crippen LogP contribution in [-0.2, 0) is 0 Å². The van der Waals surface area contributed by atoms with Crippen LogP contribution in [-0.4, -0.2) is 32.3 Å². The van der Waals surface area contributed by atoms with Crippen molar-refractivity contribution < 1.29 is 9.13 Å². The second kappa shape index (κ2) is 6.75. The molecule has 1 heterocycles. The Morgan fingerprint density at radius 2 is 2.21 bits per heavy atom. The van der Waals surface area contributed by atoms with Gasteiger partial charge >= 0.3 is 0 Å². The van der Waals surface area contributed by atoms with Crippen LogP contribution in [0, 0.1) is 5.82 Å². The Balaban J connectivity index is 2.22. The number of nitrogens with zero attached hydrogens (tertiary/aromatic N) is 1. The standard InChI is InChI=1S/C15H23FN2O/c1-3-12(2)19-15-6-5-13(16)11-14(15)18-9-4-7-17-8-10-18/h5-6,11-12,17H,3-4,7-10H2,1-2H3.